The summed E-state index contributed by atoms with van der Waals surface area (Å²) in [6.45, 7) is 5.55. The lowest BCUT2D eigenvalue weighted by molar-refractivity contribution is -0.115. The minimum Gasteiger partial charge on any atom is -0.301 e. The summed E-state index contributed by atoms with van der Waals surface area (Å²) in [5.74, 6) is -0.241. The summed E-state index contributed by atoms with van der Waals surface area (Å²) in [4.78, 5) is 11.3. The van der Waals surface area contributed by atoms with Crippen LogP contribution < -0.4 is 10.0 Å². The summed E-state index contributed by atoms with van der Waals surface area (Å²) in [7, 11) is -3.81. The molecule has 0 saturated carbocycles. The number of carbonyl (C=O) groups excluding carboxylic acids is 1. The highest BCUT2D eigenvalue weighted by Crippen LogP contribution is 2.25. The van der Waals surface area contributed by atoms with Crippen molar-refractivity contribution in [2.75, 3.05) is 5.32 Å². The predicted molar refractivity (Wildman–Crippen MR) is 93.4 cm³/mol. The van der Waals surface area contributed by atoms with E-state index in [1.54, 1.807) is 6.92 Å². The molecule has 0 aliphatic carbocycles. The van der Waals surface area contributed by atoms with Crippen LogP contribution in [0.25, 0.3) is 0 Å². The van der Waals surface area contributed by atoms with Gasteiger partial charge >= 0.3 is 0 Å². The first-order valence-electron chi connectivity index (χ1n) is 7.58. The third-order valence-electron chi connectivity index (χ3n) is 3.47. The fraction of sp³-hybridized carbons (Fsp3) is 0.400. The van der Waals surface area contributed by atoms with Crippen molar-refractivity contribution in [3.05, 3.63) is 35.4 Å². The summed E-state index contributed by atoms with van der Waals surface area (Å²) in [5.41, 5.74) is 1.94. The molecule has 1 atom stereocenters. The van der Waals surface area contributed by atoms with Crippen LogP contribution in [-0.4, -0.2) is 24.5 Å². The molecule has 0 aliphatic rings. The van der Waals surface area contributed by atoms with Crippen LogP contribution in [0.4, 0.5) is 5.13 Å². The molecule has 7 nitrogen and oxygen atoms in total. The number of nitrogens with zero attached hydrogens (tertiary/aromatic N) is 2. The highest BCUT2D eigenvalue weighted by Gasteiger charge is 2.25. The first-order chi connectivity index (χ1) is 11.4. The number of sulfonamides is 1. The minimum atomic E-state index is -3.81. The van der Waals surface area contributed by atoms with E-state index in [-0.39, 0.29) is 27.8 Å². The number of amides is 1. The number of nitrogens with one attached hydrogen (secondary N) is 2. The first-order valence-corrected chi connectivity index (χ1v) is 9.88. The van der Waals surface area contributed by atoms with E-state index in [2.05, 4.69) is 20.2 Å². The van der Waals surface area contributed by atoms with E-state index in [1.807, 2.05) is 38.1 Å². The molecule has 0 fully saturated rings. The molecule has 24 heavy (non-hydrogen) atoms. The molecule has 2 rings (SSSR count). The zero-order valence-corrected chi connectivity index (χ0v) is 15.4. The van der Waals surface area contributed by atoms with Gasteiger partial charge in [0.2, 0.25) is 15.4 Å². The Balaban J connectivity index is 2.21. The average Bonchev–Trinajstić information content (AvgIpc) is 3.02. The molecule has 9 heteroatoms. The molecule has 1 amide bonds. The van der Waals surface area contributed by atoms with Gasteiger partial charge in [0.05, 0.1) is 0 Å². The first kappa shape index (κ1) is 18.5. The maximum atomic E-state index is 12.5. The van der Waals surface area contributed by atoms with Crippen LogP contribution in [0.1, 0.15) is 43.9 Å². The number of benzene rings is 1. The summed E-state index contributed by atoms with van der Waals surface area (Å²) in [5, 5.41) is 10.1. The third-order valence-corrected chi connectivity index (χ3v) is 6.15. The summed E-state index contributed by atoms with van der Waals surface area (Å²) < 4.78 is 27.6. The summed E-state index contributed by atoms with van der Waals surface area (Å²) in [6.07, 6.45) is 0.882. The van der Waals surface area contributed by atoms with E-state index in [0.29, 0.717) is 6.42 Å². The van der Waals surface area contributed by atoms with E-state index < -0.39 is 10.0 Å². The fourth-order valence-electron chi connectivity index (χ4n) is 2.16. The van der Waals surface area contributed by atoms with E-state index in [9.17, 15) is 13.2 Å². The van der Waals surface area contributed by atoms with Crippen molar-refractivity contribution in [1.82, 2.24) is 14.9 Å². The molecule has 130 valence electrons. The van der Waals surface area contributed by atoms with Crippen LogP contribution in [0.5, 0.6) is 0 Å². The molecule has 2 N–H and O–H groups in total. The van der Waals surface area contributed by atoms with Gasteiger partial charge in [-0.3, -0.25) is 4.79 Å². The van der Waals surface area contributed by atoms with Crippen molar-refractivity contribution in [3.63, 3.8) is 0 Å². The molecule has 1 heterocycles. The topological polar surface area (TPSA) is 101 Å². The Kier molecular flexibility index (Phi) is 6.03. The molecule has 0 bridgehead atoms. The lowest BCUT2D eigenvalue weighted by Gasteiger charge is -2.18. The maximum Gasteiger partial charge on any atom is 0.270 e. The van der Waals surface area contributed by atoms with Gasteiger partial charge in [-0.1, -0.05) is 49.4 Å². The second-order valence-corrected chi connectivity index (χ2v) is 8.08. The van der Waals surface area contributed by atoms with Crippen molar-refractivity contribution in [2.24, 2.45) is 0 Å². The van der Waals surface area contributed by atoms with Gasteiger partial charge in [-0.15, -0.1) is 10.2 Å². The van der Waals surface area contributed by atoms with Crippen LogP contribution in [0.2, 0.25) is 0 Å². The summed E-state index contributed by atoms with van der Waals surface area (Å²) >= 11 is 0.831. The third kappa shape index (κ3) is 4.37. The molecule has 2 aromatic rings. The van der Waals surface area contributed by atoms with Crippen LogP contribution in [0.3, 0.4) is 0 Å². The van der Waals surface area contributed by atoms with Crippen LogP contribution in [0.15, 0.2) is 28.6 Å². The number of anilines is 1. The molecule has 1 aromatic heterocycles. The lowest BCUT2D eigenvalue weighted by atomic mass is 10.0. The van der Waals surface area contributed by atoms with Gasteiger partial charge in [0.15, 0.2) is 0 Å². The zero-order chi connectivity index (χ0) is 17.7. The molecule has 0 aliphatic heterocycles. The smallest absolute Gasteiger partial charge is 0.270 e. The molecular weight excluding hydrogens is 348 g/mol. The van der Waals surface area contributed by atoms with E-state index >= 15 is 0 Å². The Morgan fingerprint density at radius 3 is 2.58 bits per heavy atom. The van der Waals surface area contributed by atoms with E-state index in [1.165, 1.54) is 0 Å². The monoisotopic (exact) mass is 368 g/mol. The second kappa shape index (κ2) is 7.82. The largest absolute Gasteiger partial charge is 0.301 e. The van der Waals surface area contributed by atoms with Crippen LogP contribution in [-0.2, 0) is 14.8 Å². The highest BCUT2D eigenvalue weighted by atomic mass is 32.2. The molecular formula is C15H20N4O3S2. The van der Waals surface area contributed by atoms with Crippen molar-refractivity contribution >= 4 is 32.4 Å². The normalized spacial score (nSPS) is 12.8. The highest BCUT2D eigenvalue weighted by molar-refractivity contribution is 7.91. The SMILES string of the molecule is CCC(=O)Nc1nnc(S(=O)(=O)NC(CC)c2ccccc2C)s1. The Morgan fingerprint density at radius 2 is 1.96 bits per heavy atom. The minimum absolute atomic E-state index is 0.166. The fourth-order valence-corrected chi connectivity index (χ4v) is 4.39. The standard InChI is InChI=1S/C15H20N4O3S2/c1-4-12(11-9-7-6-8-10(11)3)19-24(21,22)15-18-17-14(23-15)16-13(20)5-2/h6-9,12,19H,4-5H2,1-3H3,(H,16,17,20). The van der Waals surface area contributed by atoms with Crippen molar-refractivity contribution in [3.8, 4) is 0 Å². The zero-order valence-electron chi connectivity index (χ0n) is 13.7. The van der Waals surface area contributed by atoms with Crippen molar-refractivity contribution in [2.45, 2.75) is 44.0 Å². The van der Waals surface area contributed by atoms with Gasteiger partial charge in [0.25, 0.3) is 10.0 Å². The Bertz CT molecular complexity index is 818. The number of aromatic nitrogens is 2. The predicted octanol–water partition coefficient (Wildman–Crippen LogP) is 2.62. The molecule has 0 saturated heterocycles. The van der Waals surface area contributed by atoms with E-state index in [0.717, 1.165) is 22.5 Å². The number of hydrogen-bond donors (Lipinski definition) is 2. The van der Waals surface area contributed by atoms with Gasteiger partial charge in [0, 0.05) is 12.5 Å². The average molecular weight is 368 g/mol. The summed E-state index contributed by atoms with van der Waals surface area (Å²) in [6, 6.07) is 7.28. The Morgan fingerprint density at radius 1 is 1.25 bits per heavy atom. The molecule has 1 aromatic carbocycles. The number of hydrogen-bond acceptors (Lipinski definition) is 6. The van der Waals surface area contributed by atoms with Gasteiger partial charge in [-0.25, -0.2) is 13.1 Å². The molecule has 1 unspecified atom stereocenters. The maximum absolute atomic E-state index is 12.5. The Labute approximate surface area is 145 Å². The second-order valence-electron chi connectivity index (χ2n) is 5.21. The van der Waals surface area contributed by atoms with Gasteiger partial charge < -0.3 is 5.32 Å². The van der Waals surface area contributed by atoms with Crippen molar-refractivity contribution < 1.29 is 13.2 Å². The number of aryl methyl sites for hydroxylation is 1. The van der Waals surface area contributed by atoms with Gasteiger partial charge in [-0.05, 0) is 24.5 Å². The van der Waals surface area contributed by atoms with E-state index in [4.69, 9.17) is 0 Å². The lowest BCUT2D eigenvalue weighted by Crippen LogP contribution is -2.28. The molecule has 0 spiro atoms. The Hall–Kier alpha value is -1.84. The van der Waals surface area contributed by atoms with Crippen LogP contribution in [0, 0.1) is 6.92 Å². The van der Waals surface area contributed by atoms with Crippen LogP contribution >= 0.6 is 11.3 Å². The number of rotatable bonds is 7. The quantitative estimate of drug-likeness (QED) is 0.732. The molecule has 0 radical (unpaired) electrons. The van der Waals surface area contributed by atoms with Gasteiger partial charge in [-0.2, -0.15) is 0 Å². The number of carbonyl (C=O) groups is 1. The van der Waals surface area contributed by atoms with Crippen molar-refractivity contribution in [1.29, 1.82) is 0 Å². The van der Waals surface area contributed by atoms with Gasteiger partial charge in [0.1, 0.15) is 0 Å².